The van der Waals surface area contributed by atoms with E-state index in [2.05, 4.69) is 22.2 Å². The van der Waals surface area contributed by atoms with Gasteiger partial charge in [-0.25, -0.2) is 0 Å². The molecule has 0 spiro atoms. The molecular weight excluding hydrogens is 462 g/mol. The molecule has 0 bridgehead atoms. The molecule has 196 valence electrons. The molecule has 5 rings (SSSR count). The van der Waals surface area contributed by atoms with Gasteiger partial charge >= 0.3 is 0 Å². The topological polar surface area (TPSA) is 82.5 Å². The third-order valence-electron chi connectivity index (χ3n) is 8.68. The summed E-state index contributed by atoms with van der Waals surface area (Å²) < 4.78 is 11.8. The van der Waals surface area contributed by atoms with Crippen LogP contribution in [0.1, 0.15) is 67.3 Å². The van der Waals surface area contributed by atoms with E-state index in [1.54, 1.807) is 0 Å². The molecule has 1 aliphatic heterocycles. The predicted molar refractivity (Wildman–Crippen MR) is 144 cm³/mol. The van der Waals surface area contributed by atoms with Crippen molar-refractivity contribution in [3.8, 4) is 11.8 Å². The van der Waals surface area contributed by atoms with E-state index in [4.69, 9.17) is 14.5 Å². The maximum atomic E-state index is 9.74. The summed E-state index contributed by atoms with van der Waals surface area (Å²) in [5.41, 5.74) is 4.51. The van der Waals surface area contributed by atoms with Crippen LogP contribution < -0.4 is 4.74 Å². The minimum atomic E-state index is 0.358. The van der Waals surface area contributed by atoms with Gasteiger partial charge in [0.25, 0.3) is 0 Å². The van der Waals surface area contributed by atoms with Gasteiger partial charge in [-0.05, 0) is 106 Å². The maximum Gasteiger partial charge on any atom is 0.173 e. The van der Waals surface area contributed by atoms with Gasteiger partial charge in [-0.15, -0.1) is 0 Å². The van der Waals surface area contributed by atoms with Gasteiger partial charge in [-0.2, -0.15) is 5.26 Å². The van der Waals surface area contributed by atoms with Crippen molar-refractivity contribution in [1.29, 1.82) is 5.26 Å². The third-order valence-corrected chi connectivity index (χ3v) is 8.68. The number of aromatic nitrogens is 1. The van der Waals surface area contributed by atoms with Crippen molar-refractivity contribution in [2.45, 2.75) is 64.9 Å². The summed E-state index contributed by atoms with van der Waals surface area (Å²) in [7, 11) is 0. The summed E-state index contributed by atoms with van der Waals surface area (Å²) in [6.45, 7) is 6.35. The molecule has 2 fully saturated rings. The Bertz CT molecular complexity index is 1200. The molecule has 2 heterocycles. The molecule has 1 saturated carbocycles. The van der Waals surface area contributed by atoms with Crippen LogP contribution in [0.5, 0.6) is 5.75 Å². The van der Waals surface area contributed by atoms with Gasteiger partial charge in [0.05, 0.1) is 17.3 Å². The number of piperidine rings is 1. The maximum absolute atomic E-state index is 9.74. The van der Waals surface area contributed by atoms with Crippen LogP contribution in [0.25, 0.3) is 11.0 Å². The molecule has 1 N–H and O–H groups in total. The second-order valence-corrected chi connectivity index (χ2v) is 11.1. The highest BCUT2D eigenvalue weighted by Gasteiger charge is 2.28. The fraction of sp³-hybridized carbons (Fsp3) is 0.548. The first-order valence-corrected chi connectivity index (χ1v) is 14.0. The molecule has 2 aliphatic rings. The number of hydrogen-bond donors (Lipinski definition) is 1. The van der Waals surface area contributed by atoms with Crippen molar-refractivity contribution in [2.75, 3.05) is 26.2 Å². The van der Waals surface area contributed by atoms with Gasteiger partial charge < -0.3 is 19.3 Å². The fourth-order valence-corrected chi connectivity index (χ4v) is 6.24. The Labute approximate surface area is 220 Å². The number of nitriles is 1. The lowest BCUT2D eigenvalue weighted by atomic mass is 9.79. The minimum absolute atomic E-state index is 0.358. The number of aryl methyl sites for hydroxylation is 2. The highest BCUT2D eigenvalue weighted by Crippen LogP contribution is 2.33. The second kappa shape index (κ2) is 12.1. The summed E-state index contributed by atoms with van der Waals surface area (Å²) in [6.07, 6.45) is 9.68. The van der Waals surface area contributed by atoms with Gasteiger partial charge in [0.1, 0.15) is 12.4 Å². The monoisotopic (exact) mass is 501 g/mol. The zero-order chi connectivity index (χ0) is 25.6. The number of aliphatic hydroxyl groups excluding tert-OH is 1. The van der Waals surface area contributed by atoms with Crippen LogP contribution in [0.2, 0.25) is 0 Å². The van der Waals surface area contributed by atoms with E-state index in [0.29, 0.717) is 30.6 Å². The molecule has 2 unspecified atom stereocenters. The van der Waals surface area contributed by atoms with Crippen molar-refractivity contribution >= 4 is 11.0 Å². The number of benzene rings is 2. The first kappa shape index (κ1) is 25.8. The van der Waals surface area contributed by atoms with Crippen molar-refractivity contribution < 1.29 is 14.4 Å². The standard InChI is InChI=1S/C31H39N3O3/c1-22-30(36-21-25-8-6-24(18-32)7-9-25)13-11-28-29(33-37-31(22)28)12-10-23-14-16-34(17-15-23)19-26-4-2-3-5-27(26)20-35/h6-9,11,13,23,26-27,35H,2-5,10,12,14-17,19-21H2,1H3. The van der Waals surface area contributed by atoms with Gasteiger partial charge in [-0.3, -0.25) is 0 Å². The van der Waals surface area contributed by atoms with Crippen molar-refractivity contribution in [3.63, 3.8) is 0 Å². The Balaban J connectivity index is 1.12. The summed E-state index contributed by atoms with van der Waals surface area (Å²) in [5.74, 6) is 2.72. The summed E-state index contributed by atoms with van der Waals surface area (Å²) >= 11 is 0. The zero-order valence-electron chi connectivity index (χ0n) is 22.0. The molecular formula is C31H39N3O3. The molecule has 0 amide bonds. The van der Waals surface area contributed by atoms with Crippen molar-refractivity contribution in [1.82, 2.24) is 10.1 Å². The number of aliphatic hydroxyl groups is 1. The van der Waals surface area contributed by atoms with E-state index < -0.39 is 0 Å². The van der Waals surface area contributed by atoms with Crippen LogP contribution in [0, 0.1) is 36.0 Å². The van der Waals surface area contributed by atoms with Gasteiger partial charge in [0.2, 0.25) is 0 Å². The van der Waals surface area contributed by atoms with E-state index >= 15 is 0 Å². The molecule has 3 aromatic rings. The molecule has 1 aromatic heterocycles. The quantitative estimate of drug-likeness (QED) is 0.385. The number of hydrogen-bond acceptors (Lipinski definition) is 6. The van der Waals surface area contributed by atoms with Crippen LogP contribution in [0.15, 0.2) is 40.9 Å². The predicted octanol–water partition coefficient (Wildman–Crippen LogP) is 6.03. The van der Waals surface area contributed by atoms with Crippen LogP contribution in [-0.4, -0.2) is 41.4 Å². The Morgan fingerprint density at radius 2 is 1.81 bits per heavy atom. The van der Waals surface area contributed by atoms with Gasteiger partial charge in [-0.1, -0.05) is 30.1 Å². The highest BCUT2D eigenvalue weighted by molar-refractivity contribution is 5.84. The second-order valence-electron chi connectivity index (χ2n) is 11.1. The molecule has 37 heavy (non-hydrogen) atoms. The first-order valence-electron chi connectivity index (χ1n) is 14.0. The molecule has 6 nitrogen and oxygen atoms in total. The van der Waals surface area contributed by atoms with E-state index in [-0.39, 0.29) is 0 Å². The summed E-state index contributed by atoms with van der Waals surface area (Å²) in [6, 6.07) is 13.7. The SMILES string of the molecule is Cc1c(OCc2ccc(C#N)cc2)ccc2c(CCC3CCN(CC4CCCCC4CO)CC3)noc12. The van der Waals surface area contributed by atoms with Gasteiger partial charge in [0, 0.05) is 24.1 Å². The van der Waals surface area contributed by atoms with Crippen molar-refractivity contribution in [2.24, 2.45) is 17.8 Å². The normalized spacial score (nSPS) is 21.2. The van der Waals surface area contributed by atoms with E-state index in [0.717, 1.165) is 52.3 Å². The Morgan fingerprint density at radius 3 is 2.54 bits per heavy atom. The lowest BCUT2D eigenvalue weighted by molar-refractivity contribution is 0.0826. The van der Waals surface area contributed by atoms with E-state index in [1.807, 2.05) is 37.3 Å². The third kappa shape index (κ3) is 6.17. The zero-order valence-corrected chi connectivity index (χ0v) is 22.0. The number of rotatable bonds is 9. The van der Waals surface area contributed by atoms with E-state index in [9.17, 15) is 5.11 Å². The molecule has 6 heteroatoms. The Morgan fingerprint density at radius 1 is 1.05 bits per heavy atom. The van der Waals surface area contributed by atoms with E-state index in [1.165, 1.54) is 58.2 Å². The Kier molecular flexibility index (Phi) is 8.43. The molecule has 2 aromatic carbocycles. The minimum Gasteiger partial charge on any atom is -0.488 e. The van der Waals surface area contributed by atoms with Crippen molar-refractivity contribution in [3.05, 3.63) is 58.8 Å². The summed E-state index contributed by atoms with van der Waals surface area (Å²) in [5, 5.41) is 24.2. The molecule has 0 radical (unpaired) electrons. The lowest BCUT2D eigenvalue weighted by Gasteiger charge is -2.38. The smallest absolute Gasteiger partial charge is 0.173 e. The number of likely N-dealkylation sites (tertiary alicyclic amines) is 1. The van der Waals surface area contributed by atoms with Crippen LogP contribution in [0.3, 0.4) is 0 Å². The molecule has 1 aliphatic carbocycles. The summed E-state index contributed by atoms with van der Waals surface area (Å²) in [4.78, 5) is 2.64. The van der Waals surface area contributed by atoms with Gasteiger partial charge in [0.15, 0.2) is 5.58 Å². The van der Waals surface area contributed by atoms with Crippen LogP contribution in [0.4, 0.5) is 0 Å². The number of fused-ring (bicyclic) bond motifs is 1. The fourth-order valence-electron chi connectivity index (χ4n) is 6.24. The largest absolute Gasteiger partial charge is 0.488 e. The van der Waals surface area contributed by atoms with Crippen LogP contribution in [-0.2, 0) is 13.0 Å². The average molecular weight is 502 g/mol. The highest BCUT2D eigenvalue weighted by atomic mass is 16.5. The number of nitrogens with zero attached hydrogens (tertiary/aromatic N) is 3. The Hall–Kier alpha value is -2.88. The average Bonchev–Trinajstić information content (AvgIpc) is 3.37. The lowest BCUT2D eigenvalue weighted by Crippen LogP contribution is -2.40. The molecule has 2 atom stereocenters. The van der Waals surface area contributed by atoms with Crippen LogP contribution >= 0.6 is 0 Å². The first-order chi connectivity index (χ1) is 18.1. The number of ether oxygens (including phenoxy) is 1. The molecule has 1 saturated heterocycles.